The Morgan fingerprint density at radius 1 is 1.30 bits per heavy atom. The van der Waals surface area contributed by atoms with Crippen molar-refractivity contribution in [3.8, 4) is 0 Å². The summed E-state index contributed by atoms with van der Waals surface area (Å²) in [5, 5.41) is 3.67. The lowest BCUT2D eigenvalue weighted by molar-refractivity contribution is 0.470. The Balaban J connectivity index is 1.53. The normalized spacial score (nSPS) is 25.8. The Kier molecular flexibility index (Phi) is 4.30. The highest BCUT2D eigenvalue weighted by molar-refractivity contribution is 5.56. The third kappa shape index (κ3) is 3.17. The van der Waals surface area contributed by atoms with E-state index in [-0.39, 0.29) is 0 Å². The van der Waals surface area contributed by atoms with E-state index in [1.54, 1.807) is 0 Å². The lowest BCUT2D eigenvalue weighted by Gasteiger charge is -2.28. The largest absolute Gasteiger partial charge is 0.374 e. The molecular weight excluding hydrogens is 244 g/mol. The second-order valence-corrected chi connectivity index (χ2v) is 6.90. The molecule has 1 aromatic rings. The number of aryl methyl sites for hydroxylation is 1. The fourth-order valence-corrected chi connectivity index (χ4v) is 3.88. The van der Waals surface area contributed by atoms with Crippen LogP contribution >= 0.6 is 0 Å². The Hall–Kier alpha value is -1.02. The van der Waals surface area contributed by atoms with Crippen molar-refractivity contribution in [1.29, 1.82) is 0 Å². The van der Waals surface area contributed by atoms with Gasteiger partial charge in [-0.2, -0.15) is 0 Å². The van der Waals surface area contributed by atoms with Crippen molar-refractivity contribution in [3.63, 3.8) is 0 Å². The molecule has 0 bridgehead atoms. The van der Waals surface area contributed by atoms with Gasteiger partial charge in [-0.3, -0.25) is 0 Å². The molecular formula is C18H28N2. The van der Waals surface area contributed by atoms with E-state index in [9.17, 15) is 0 Å². The molecule has 2 aliphatic rings. The van der Waals surface area contributed by atoms with Crippen LogP contribution in [0.5, 0.6) is 0 Å². The van der Waals surface area contributed by atoms with Crippen LogP contribution in [-0.2, 0) is 13.0 Å². The summed E-state index contributed by atoms with van der Waals surface area (Å²) in [6, 6.07) is 7.02. The summed E-state index contributed by atoms with van der Waals surface area (Å²) in [6.45, 7) is 5.81. The number of fused-ring (bicyclic) bond motifs is 1. The molecule has 0 spiro atoms. The summed E-state index contributed by atoms with van der Waals surface area (Å²) in [6.07, 6.45) is 6.80. The molecule has 1 fully saturated rings. The third-order valence-electron chi connectivity index (χ3n) is 5.06. The standard InChI is InChI=1S/C18H28N2/c1-14-5-6-15(10-14)12-19-13-16-7-8-18-17(11-16)4-3-9-20(18)2/h7-8,11,14-15,19H,3-6,9-10,12-13H2,1-2H3. The van der Waals surface area contributed by atoms with Crippen LogP contribution in [0, 0.1) is 11.8 Å². The van der Waals surface area contributed by atoms with E-state index in [1.807, 2.05) is 0 Å². The van der Waals surface area contributed by atoms with Crippen molar-refractivity contribution in [2.24, 2.45) is 11.8 Å². The highest BCUT2D eigenvalue weighted by atomic mass is 15.1. The molecule has 0 saturated heterocycles. The zero-order valence-electron chi connectivity index (χ0n) is 13.0. The van der Waals surface area contributed by atoms with Gasteiger partial charge in [0, 0.05) is 25.8 Å². The molecule has 1 saturated carbocycles. The summed E-state index contributed by atoms with van der Waals surface area (Å²) in [7, 11) is 2.21. The molecule has 1 aromatic carbocycles. The molecule has 3 rings (SSSR count). The van der Waals surface area contributed by atoms with E-state index in [0.29, 0.717) is 0 Å². The van der Waals surface area contributed by atoms with Crippen molar-refractivity contribution >= 4 is 5.69 Å². The predicted octanol–water partition coefficient (Wildman–Crippen LogP) is 3.59. The fourth-order valence-electron chi connectivity index (χ4n) is 3.88. The van der Waals surface area contributed by atoms with Crippen LogP contribution in [0.2, 0.25) is 0 Å². The van der Waals surface area contributed by atoms with Gasteiger partial charge in [0.15, 0.2) is 0 Å². The average Bonchev–Trinajstić information content (AvgIpc) is 2.85. The summed E-state index contributed by atoms with van der Waals surface area (Å²) in [5.41, 5.74) is 4.42. The van der Waals surface area contributed by atoms with Gasteiger partial charge in [0.2, 0.25) is 0 Å². The Labute approximate surface area is 123 Å². The first-order chi connectivity index (χ1) is 9.72. The quantitative estimate of drug-likeness (QED) is 0.901. The van der Waals surface area contributed by atoms with Crippen LogP contribution < -0.4 is 10.2 Å². The van der Waals surface area contributed by atoms with Gasteiger partial charge in [-0.05, 0) is 61.3 Å². The minimum atomic E-state index is 0.911. The van der Waals surface area contributed by atoms with Gasteiger partial charge in [-0.25, -0.2) is 0 Å². The molecule has 2 nitrogen and oxygen atoms in total. The predicted molar refractivity (Wildman–Crippen MR) is 86.2 cm³/mol. The lowest BCUT2D eigenvalue weighted by atomic mass is 9.99. The Morgan fingerprint density at radius 2 is 2.20 bits per heavy atom. The number of rotatable bonds is 4. The molecule has 2 unspecified atom stereocenters. The van der Waals surface area contributed by atoms with Gasteiger partial charge in [0.25, 0.3) is 0 Å². The maximum atomic E-state index is 3.67. The third-order valence-corrected chi connectivity index (χ3v) is 5.06. The first-order valence-electron chi connectivity index (χ1n) is 8.26. The van der Waals surface area contributed by atoms with E-state index < -0.39 is 0 Å². The van der Waals surface area contributed by atoms with Crippen LogP contribution in [0.15, 0.2) is 18.2 Å². The molecule has 1 N–H and O–H groups in total. The van der Waals surface area contributed by atoms with Crippen LogP contribution in [0.25, 0.3) is 0 Å². The molecule has 1 aliphatic carbocycles. The fraction of sp³-hybridized carbons (Fsp3) is 0.667. The highest BCUT2D eigenvalue weighted by Crippen LogP contribution is 2.30. The van der Waals surface area contributed by atoms with Gasteiger partial charge in [0.05, 0.1) is 0 Å². The average molecular weight is 272 g/mol. The van der Waals surface area contributed by atoms with Gasteiger partial charge < -0.3 is 10.2 Å². The zero-order valence-corrected chi connectivity index (χ0v) is 13.0. The summed E-state index contributed by atoms with van der Waals surface area (Å²) in [5.74, 6) is 1.86. The molecule has 0 radical (unpaired) electrons. The Bertz CT molecular complexity index is 455. The molecule has 2 heteroatoms. The van der Waals surface area contributed by atoms with E-state index in [2.05, 4.69) is 42.4 Å². The van der Waals surface area contributed by atoms with Crippen molar-refractivity contribution < 1.29 is 0 Å². The topological polar surface area (TPSA) is 15.3 Å². The lowest BCUT2D eigenvalue weighted by Crippen LogP contribution is -2.25. The van der Waals surface area contributed by atoms with Crippen LogP contribution in [-0.4, -0.2) is 20.1 Å². The zero-order chi connectivity index (χ0) is 13.9. The maximum Gasteiger partial charge on any atom is 0.0396 e. The Morgan fingerprint density at radius 3 is 3.00 bits per heavy atom. The minimum absolute atomic E-state index is 0.911. The van der Waals surface area contributed by atoms with Crippen molar-refractivity contribution in [2.45, 2.75) is 45.6 Å². The van der Waals surface area contributed by atoms with Crippen molar-refractivity contribution in [1.82, 2.24) is 5.32 Å². The van der Waals surface area contributed by atoms with Crippen molar-refractivity contribution in [2.75, 3.05) is 25.0 Å². The molecule has 0 amide bonds. The molecule has 1 heterocycles. The molecule has 2 atom stereocenters. The van der Waals surface area contributed by atoms with E-state index in [1.165, 1.54) is 62.0 Å². The second-order valence-electron chi connectivity index (χ2n) is 6.90. The van der Waals surface area contributed by atoms with E-state index in [4.69, 9.17) is 0 Å². The monoisotopic (exact) mass is 272 g/mol. The van der Waals surface area contributed by atoms with E-state index in [0.717, 1.165) is 18.4 Å². The second kappa shape index (κ2) is 6.17. The number of anilines is 1. The first kappa shape index (κ1) is 13.9. The minimum Gasteiger partial charge on any atom is -0.374 e. The van der Waals surface area contributed by atoms with Gasteiger partial charge >= 0.3 is 0 Å². The number of nitrogens with zero attached hydrogens (tertiary/aromatic N) is 1. The number of nitrogens with one attached hydrogen (secondary N) is 1. The first-order valence-corrected chi connectivity index (χ1v) is 8.26. The van der Waals surface area contributed by atoms with Crippen molar-refractivity contribution in [3.05, 3.63) is 29.3 Å². The van der Waals surface area contributed by atoms with Gasteiger partial charge in [-0.15, -0.1) is 0 Å². The van der Waals surface area contributed by atoms with E-state index >= 15 is 0 Å². The molecule has 0 aromatic heterocycles. The smallest absolute Gasteiger partial charge is 0.0396 e. The summed E-state index contributed by atoms with van der Waals surface area (Å²) in [4.78, 5) is 2.38. The van der Waals surface area contributed by atoms with Gasteiger partial charge in [-0.1, -0.05) is 25.5 Å². The molecule has 110 valence electrons. The van der Waals surface area contributed by atoms with Crippen LogP contribution in [0.1, 0.15) is 43.7 Å². The highest BCUT2D eigenvalue weighted by Gasteiger charge is 2.20. The number of hydrogen-bond acceptors (Lipinski definition) is 2. The van der Waals surface area contributed by atoms with Gasteiger partial charge in [0.1, 0.15) is 0 Å². The summed E-state index contributed by atoms with van der Waals surface area (Å²) < 4.78 is 0. The number of benzene rings is 1. The molecule has 20 heavy (non-hydrogen) atoms. The van der Waals surface area contributed by atoms with Crippen LogP contribution in [0.3, 0.4) is 0 Å². The van der Waals surface area contributed by atoms with Crippen LogP contribution in [0.4, 0.5) is 5.69 Å². The summed E-state index contributed by atoms with van der Waals surface area (Å²) >= 11 is 0. The maximum absolute atomic E-state index is 3.67. The number of hydrogen-bond donors (Lipinski definition) is 1. The SMILES string of the molecule is CC1CCC(CNCc2ccc3c(c2)CCCN3C)C1. The molecule has 1 aliphatic heterocycles.